The summed E-state index contributed by atoms with van der Waals surface area (Å²) in [7, 11) is 0. The van der Waals surface area contributed by atoms with E-state index < -0.39 is 0 Å². The zero-order chi connectivity index (χ0) is 13.0. The first-order valence-corrected chi connectivity index (χ1v) is 7.28. The van der Waals surface area contributed by atoms with Crippen molar-refractivity contribution in [2.24, 2.45) is 0 Å². The summed E-state index contributed by atoms with van der Waals surface area (Å²) in [6, 6.07) is 1.94. The van der Waals surface area contributed by atoms with E-state index in [2.05, 4.69) is 9.97 Å². The van der Waals surface area contributed by atoms with Crippen LogP contribution in [0.2, 0.25) is 0 Å². The third-order valence-corrected chi connectivity index (χ3v) is 3.81. The molecule has 100 valence electrons. The fourth-order valence-electron chi connectivity index (χ4n) is 2.74. The highest BCUT2D eigenvalue weighted by Crippen LogP contribution is 2.39. The zero-order valence-electron chi connectivity index (χ0n) is 11.2. The van der Waals surface area contributed by atoms with Crippen molar-refractivity contribution in [3.05, 3.63) is 23.3 Å². The predicted molar refractivity (Wildman–Crippen MR) is 72.7 cm³/mol. The first-order valence-electron chi connectivity index (χ1n) is 6.75. The molecule has 0 amide bonds. The molecular formula is C14H21ClN2O. The van der Waals surface area contributed by atoms with Gasteiger partial charge in [-0.15, -0.1) is 11.6 Å². The molecule has 3 nitrogen and oxygen atoms in total. The SMILES string of the molecule is CCOC1(c2nc(C)cc(CCl)n2)CCCCC1. The average Bonchev–Trinajstić information content (AvgIpc) is 2.39. The van der Waals surface area contributed by atoms with Crippen LogP contribution in [0.3, 0.4) is 0 Å². The maximum atomic E-state index is 6.04. The molecule has 18 heavy (non-hydrogen) atoms. The quantitative estimate of drug-likeness (QED) is 0.781. The topological polar surface area (TPSA) is 35.0 Å². The molecule has 1 aromatic rings. The largest absolute Gasteiger partial charge is 0.367 e. The standard InChI is InChI=1S/C14H21ClN2O/c1-3-18-14(7-5-4-6-8-14)13-16-11(2)9-12(10-15)17-13/h9H,3-8,10H2,1-2H3. The fourth-order valence-corrected chi connectivity index (χ4v) is 2.87. The number of hydrogen-bond acceptors (Lipinski definition) is 3. The summed E-state index contributed by atoms with van der Waals surface area (Å²) < 4.78 is 6.04. The molecule has 1 aliphatic rings. The molecular weight excluding hydrogens is 248 g/mol. The number of aromatic nitrogens is 2. The molecule has 0 bridgehead atoms. The van der Waals surface area contributed by atoms with Crippen molar-refractivity contribution in [3.63, 3.8) is 0 Å². The van der Waals surface area contributed by atoms with Crippen LogP contribution in [0.15, 0.2) is 6.07 Å². The van der Waals surface area contributed by atoms with Crippen LogP contribution in [0.4, 0.5) is 0 Å². The van der Waals surface area contributed by atoms with Crippen LogP contribution in [-0.2, 0) is 16.2 Å². The van der Waals surface area contributed by atoms with Gasteiger partial charge in [0.25, 0.3) is 0 Å². The molecule has 0 radical (unpaired) electrons. The Labute approximate surface area is 114 Å². The number of rotatable bonds is 4. The van der Waals surface area contributed by atoms with Crippen LogP contribution in [0.1, 0.15) is 56.2 Å². The number of hydrogen-bond donors (Lipinski definition) is 0. The van der Waals surface area contributed by atoms with Gasteiger partial charge < -0.3 is 4.74 Å². The van der Waals surface area contributed by atoms with Crippen LogP contribution in [0.25, 0.3) is 0 Å². The summed E-state index contributed by atoms with van der Waals surface area (Å²) in [5.74, 6) is 1.26. The molecule has 0 unspecified atom stereocenters. The van der Waals surface area contributed by atoms with E-state index in [0.717, 1.165) is 30.1 Å². The fraction of sp³-hybridized carbons (Fsp3) is 0.714. The minimum atomic E-state index is -0.278. The lowest BCUT2D eigenvalue weighted by molar-refractivity contribution is -0.0769. The lowest BCUT2D eigenvalue weighted by atomic mass is 9.83. The summed E-state index contributed by atoms with van der Waals surface area (Å²) in [5.41, 5.74) is 1.59. The Kier molecular flexibility index (Phi) is 4.57. The molecule has 1 aromatic heterocycles. The average molecular weight is 269 g/mol. The van der Waals surface area contributed by atoms with E-state index >= 15 is 0 Å². The summed E-state index contributed by atoms with van der Waals surface area (Å²) >= 11 is 5.90. The van der Waals surface area contributed by atoms with Crippen LogP contribution in [0.5, 0.6) is 0 Å². The van der Waals surface area contributed by atoms with Crippen molar-refractivity contribution in [3.8, 4) is 0 Å². The van der Waals surface area contributed by atoms with Crippen LogP contribution >= 0.6 is 11.6 Å². The zero-order valence-corrected chi connectivity index (χ0v) is 12.0. The van der Waals surface area contributed by atoms with Crippen molar-refractivity contribution in [2.75, 3.05) is 6.61 Å². The van der Waals surface area contributed by atoms with Crippen molar-refractivity contribution in [1.82, 2.24) is 9.97 Å². The van der Waals surface area contributed by atoms with Gasteiger partial charge in [-0.25, -0.2) is 9.97 Å². The van der Waals surface area contributed by atoms with Gasteiger partial charge in [-0.2, -0.15) is 0 Å². The minimum absolute atomic E-state index is 0.278. The number of alkyl halides is 1. The Balaban J connectivity index is 2.37. The molecule has 4 heteroatoms. The Morgan fingerprint density at radius 2 is 2.00 bits per heavy atom. The number of halogens is 1. The number of ether oxygens (including phenoxy) is 1. The maximum Gasteiger partial charge on any atom is 0.160 e. The van der Waals surface area contributed by atoms with E-state index in [-0.39, 0.29) is 5.60 Å². The molecule has 1 aliphatic carbocycles. The van der Waals surface area contributed by atoms with E-state index in [4.69, 9.17) is 16.3 Å². The monoisotopic (exact) mass is 268 g/mol. The lowest BCUT2D eigenvalue weighted by Gasteiger charge is -2.35. The third-order valence-electron chi connectivity index (χ3n) is 3.53. The van der Waals surface area contributed by atoms with Gasteiger partial charge in [0.2, 0.25) is 0 Å². The van der Waals surface area contributed by atoms with Crippen LogP contribution in [0, 0.1) is 6.92 Å². The smallest absolute Gasteiger partial charge is 0.160 e. The summed E-state index contributed by atoms with van der Waals surface area (Å²) in [5, 5.41) is 0. The lowest BCUT2D eigenvalue weighted by Crippen LogP contribution is -2.35. The second-order valence-corrected chi connectivity index (χ2v) is 5.21. The second-order valence-electron chi connectivity index (χ2n) is 4.95. The van der Waals surface area contributed by atoms with E-state index in [9.17, 15) is 0 Å². The normalized spacial score (nSPS) is 18.8. The Morgan fingerprint density at radius 1 is 1.28 bits per heavy atom. The molecule has 0 N–H and O–H groups in total. The molecule has 0 aliphatic heterocycles. The third kappa shape index (κ3) is 2.83. The van der Waals surface area contributed by atoms with E-state index in [0.29, 0.717) is 12.5 Å². The van der Waals surface area contributed by atoms with Gasteiger partial charge in [-0.3, -0.25) is 0 Å². The number of nitrogens with zero attached hydrogens (tertiary/aromatic N) is 2. The summed E-state index contributed by atoms with van der Waals surface area (Å²) in [6.45, 7) is 4.73. The van der Waals surface area contributed by atoms with Crippen molar-refractivity contribution in [1.29, 1.82) is 0 Å². The predicted octanol–water partition coefficient (Wildman–Crippen LogP) is 3.72. The Bertz CT molecular complexity index is 397. The van der Waals surface area contributed by atoms with Crippen LogP contribution in [-0.4, -0.2) is 16.6 Å². The Morgan fingerprint density at radius 3 is 2.61 bits per heavy atom. The van der Waals surface area contributed by atoms with Gasteiger partial charge in [0.05, 0.1) is 11.6 Å². The van der Waals surface area contributed by atoms with Gasteiger partial charge in [0.15, 0.2) is 5.82 Å². The highest BCUT2D eigenvalue weighted by atomic mass is 35.5. The van der Waals surface area contributed by atoms with E-state index in [1.807, 2.05) is 19.9 Å². The van der Waals surface area contributed by atoms with Gasteiger partial charge in [-0.05, 0) is 32.8 Å². The van der Waals surface area contributed by atoms with E-state index in [1.165, 1.54) is 19.3 Å². The second kappa shape index (κ2) is 5.98. The van der Waals surface area contributed by atoms with Gasteiger partial charge in [0.1, 0.15) is 5.60 Å². The molecule has 1 fully saturated rings. The Hall–Kier alpha value is -0.670. The van der Waals surface area contributed by atoms with Gasteiger partial charge in [0, 0.05) is 12.3 Å². The van der Waals surface area contributed by atoms with Crippen molar-refractivity contribution in [2.45, 2.75) is 57.4 Å². The maximum absolute atomic E-state index is 6.04. The van der Waals surface area contributed by atoms with Crippen LogP contribution < -0.4 is 0 Å². The van der Waals surface area contributed by atoms with E-state index in [1.54, 1.807) is 0 Å². The summed E-state index contributed by atoms with van der Waals surface area (Å²) in [6.07, 6.45) is 5.70. The first-order chi connectivity index (χ1) is 8.70. The van der Waals surface area contributed by atoms with Gasteiger partial charge >= 0.3 is 0 Å². The van der Waals surface area contributed by atoms with Crippen molar-refractivity contribution < 1.29 is 4.74 Å². The summed E-state index contributed by atoms with van der Waals surface area (Å²) in [4.78, 5) is 9.20. The molecule has 0 atom stereocenters. The number of aryl methyl sites for hydroxylation is 1. The minimum Gasteiger partial charge on any atom is -0.367 e. The molecule has 0 saturated heterocycles. The molecule has 0 spiro atoms. The molecule has 1 heterocycles. The highest BCUT2D eigenvalue weighted by molar-refractivity contribution is 6.16. The molecule has 1 saturated carbocycles. The molecule has 2 rings (SSSR count). The highest BCUT2D eigenvalue weighted by Gasteiger charge is 2.37. The van der Waals surface area contributed by atoms with Crippen molar-refractivity contribution >= 4 is 11.6 Å². The first kappa shape index (κ1) is 13.8. The molecule has 0 aromatic carbocycles. The van der Waals surface area contributed by atoms with Gasteiger partial charge in [-0.1, -0.05) is 19.3 Å².